The molecule has 0 unspecified atom stereocenters. The predicted octanol–water partition coefficient (Wildman–Crippen LogP) is 4.49. The molecule has 6 heteroatoms. The number of aryl methyl sites for hydroxylation is 1. The summed E-state index contributed by atoms with van der Waals surface area (Å²) in [6, 6.07) is 25.2. The smallest absolute Gasteiger partial charge is 0.246 e. The summed E-state index contributed by atoms with van der Waals surface area (Å²) in [6.07, 6.45) is 2.21. The third kappa shape index (κ3) is 3.73. The van der Waals surface area contributed by atoms with Gasteiger partial charge in [-0.2, -0.15) is 0 Å². The van der Waals surface area contributed by atoms with Crippen molar-refractivity contribution in [3.8, 4) is 5.75 Å². The number of H-pyrrole nitrogens is 1. The number of benzene rings is 3. The summed E-state index contributed by atoms with van der Waals surface area (Å²) in [6.45, 7) is 0.676. The summed E-state index contributed by atoms with van der Waals surface area (Å²) < 4.78 is 5.70. The largest absolute Gasteiger partial charge is 0.496 e. The molecule has 2 amide bonds. The number of fused-ring (bicyclic) bond motifs is 4. The van der Waals surface area contributed by atoms with E-state index >= 15 is 0 Å². The molecule has 36 heavy (non-hydrogen) atoms. The van der Waals surface area contributed by atoms with Crippen molar-refractivity contribution in [3.05, 3.63) is 101 Å². The molecular weight excluding hydrogens is 450 g/mol. The molecule has 0 bridgehead atoms. The van der Waals surface area contributed by atoms with Crippen molar-refractivity contribution in [2.75, 3.05) is 20.2 Å². The number of piperazine rings is 1. The van der Waals surface area contributed by atoms with Gasteiger partial charge in [0.05, 0.1) is 13.7 Å². The molecule has 1 N–H and O–H groups in total. The zero-order valence-corrected chi connectivity index (χ0v) is 20.3. The molecule has 6 rings (SSSR count). The lowest BCUT2D eigenvalue weighted by Gasteiger charge is -2.47. The van der Waals surface area contributed by atoms with Crippen LogP contribution in [-0.2, 0) is 22.4 Å². The second-order valence-electron chi connectivity index (χ2n) is 9.58. The molecule has 4 aromatic rings. The van der Waals surface area contributed by atoms with Crippen molar-refractivity contribution in [1.82, 2.24) is 14.8 Å². The van der Waals surface area contributed by atoms with Crippen molar-refractivity contribution in [3.63, 3.8) is 0 Å². The van der Waals surface area contributed by atoms with Gasteiger partial charge >= 0.3 is 0 Å². The first kappa shape index (κ1) is 22.4. The molecule has 0 saturated carbocycles. The van der Waals surface area contributed by atoms with Gasteiger partial charge in [-0.15, -0.1) is 0 Å². The van der Waals surface area contributed by atoms with Gasteiger partial charge in [-0.3, -0.25) is 9.59 Å². The first-order valence-electron chi connectivity index (χ1n) is 12.5. The van der Waals surface area contributed by atoms with Crippen LogP contribution < -0.4 is 4.74 Å². The number of nitrogens with one attached hydrogen (secondary N) is 1. The van der Waals surface area contributed by atoms with Crippen LogP contribution in [-0.4, -0.2) is 52.8 Å². The van der Waals surface area contributed by atoms with E-state index in [4.69, 9.17) is 4.74 Å². The number of carbonyl (C=O) groups excluding carboxylic acids is 2. The molecule has 1 fully saturated rings. The zero-order chi connectivity index (χ0) is 24.6. The molecule has 0 radical (unpaired) electrons. The number of hydrogen-bond donors (Lipinski definition) is 1. The van der Waals surface area contributed by atoms with E-state index in [2.05, 4.69) is 23.2 Å². The van der Waals surface area contributed by atoms with E-state index in [1.165, 1.54) is 5.56 Å². The minimum atomic E-state index is -0.537. The van der Waals surface area contributed by atoms with Crippen LogP contribution in [0.15, 0.2) is 78.9 Å². The molecule has 2 atom stereocenters. The zero-order valence-electron chi connectivity index (χ0n) is 20.3. The van der Waals surface area contributed by atoms with E-state index in [-0.39, 0.29) is 18.4 Å². The van der Waals surface area contributed by atoms with Gasteiger partial charge < -0.3 is 19.5 Å². The third-order valence-electron chi connectivity index (χ3n) is 7.51. The molecule has 2 aliphatic rings. The average molecular weight is 480 g/mol. The van der Waals surface area contributed by atoms with Gasteiger partial charge in [0.2, 0.25) is 11.8 Å². The Morgan fingerprint density at radius 3 is 2.53 bits per heavy atom. The number of nitrogens with zero attached hydrogens (tertiary/aromatic N) is 2. The number of carbonyl (C=O) groups is 2. The SMILES string of the molecule is COc1ccccc1[C@H]1c2[nH]c3ccccc3c2C[C@H]2C(=O)N(CCCc3ccccc3)CC(=O)N12. The third-order valence-corrected chi connectivity index (χ3v) is 7.51. The predicted molar refractivity (Wildman–Crippen MR) is 139 cm³/mol. The summed E-state index contributed by atoms with van der Waals surface area (Å²) in [5.41, 5.74) is 5.22. The van der Waals surface area contributed by atoms with Gasteiger partial charge in [-0.25, -0.2) is 0 Å². The van der Waals surface area contributed by atoms with Crippen molar-refractivity contribution in [2.45, 2.75) is 31.3 Å². The Hall–Kier alpha value is -4.06. The summed E-state index contributed by atoms with van der Waals surface area (Å²) >= 11 is 0. The molecule has 3 aromatic carbocycles. The summed E-state index contributed by atoms with van der Waals surface area (Å²) in [4.78, 5) is 34.7. The highest BCUT2D eigenvalue weighted by molar-refractivity contribution is 5.97. The quantitative estimate of drug-likeness (QED) is 0.443. The van der Waals surface area contributed by atoms with Crippen molar-refractivity contribution < 1.29 is 14.3 Å². The highest BCUT2D eigenvalue weighted by atomic mass is 16.5. The van der Waals surface area contributed by atoms with E-state index in [1.54, 1.807) is 16.9 Å². The van der Waals surface area contributed by atoms with Gasteiger partial charge in [0.1, 0.15) is 17.8 Å². The van der Waals surface area contributed by atoms with E-state index in [1.807, 2.05) is 60.7 Å². The number of aromatic nitrogens is 1. The van der Waals surface area contributed by atoms with Crippen LogP contribution >= 0.6 is 0 Å². The number of aromatic amines is 1. The number of amides is 2. The first-order valence-corrected chi connectivity index (χ1v) is 12.5. The second-order valence-corrected chi connectivity index (χ2v) is 9.58. The minimum absolute atomic E-state index is 0.0264. The van der Waals surface area contributed by atoms with Crippen LogP contribution in [0.1, 0.15) is 34.8 Å². The van der Waals surface area contributed by atoms with E-state index < -0.39 is 12.1 Å². The number of ether oxygens (including phenoxy) is 1. The Balaban J connectivity index is 1.37. The van der Waals surface area contributed by atoms with Crippen LogP contribution in [0, 0.1) is 0 Å². The topological polar surface area (TPSA) is 65.6 Å². The highest BCUT2D eigenvalue weighted by Gasteiger charge is 2.48. The van der Waals surface area contributed by atoms with Crippen molar-refractivity contribution in [2.24, 2.45) is 0 Å². The second kappa shape index (κ2) is 9.19. The lowest BCUT2D eigenvalue weighted by Crippen LogP contribution is -2.63. The minimum Gasteiger partial charge on any atom is -0.496 e. The lowest BCUT2D eigenvalue weighted by molar-refractivity contribution is -0.158. The first-order chi connectivity index (χ1) is 17.7. The monoisotopic (exact) mass is 479 g/mol. The normalized spacial score (nSPS) is 19.4. The molecule has 0 aliphatic carbocycles. The standard InChI is InChI=1S/C30H29N3O3/c1-36-26-16-8-6-14-22(26)29-28-23(21-13-5-7-15-24(21)31-28)18-25-30(35)32(19-27(34)33(25)29)17-9-12-20-10-3-2-4-11-20/h2-8,10-11,13-16,25,29,31H,9,12,17-19H2,1H3/t25-,29-/m0/s1. The average Bonchev–Trinajstić information content (AvgIpc) is 3.29. The number of para-hydroxylation sites is 2. The summed E-state index contributed by atoms with van der Waals surface area (Å²) in [5, 5.41) is 1.11. The number of rotatable bonds is 6. The van der Waals surface area contributed by atoms with Crippen LogP contribution in [0.5, 0.6) is 5.75 Å². The Morgan fingerprint density at radius 1 is 0.944 bits per heavy atom. The van der Waals surface area contributed by atoms with Crippen LogP contribution in [0.3, 0.4) is 0 Å². The van der Waals surface area contributed by atoms with Gasteiger partial charge in [-0.05, 0) is 36.1 Å². The van der Waals surface area contributed by atoms with Crippen molar-refractivity contribution >= 4 is 22.7 Å². The maximum Gasteiger partial charge on any atom is 0.246 e. The summed E-state index contributed by atoms with van der Waals surface area (Å²) in [7, 11) is 1.64. The Bertz CT molecular complexity index is 1430. The molecule has 0 spiro atoms. The maximum atomic E-state index is 13.8. The number of hydrogen-bond acceptors (Lipinski definition) is 3. The van der Waals surface area contributed by atoms with Gasteiger partial charge in [0, 0.05) is 35.1 Å². The molecule has 6 nitrogen and oxygen atoms in total. The van der Waals surface area contributed by atoms with E-state index in [0.717, 1.165) is 40.6 Å². The van der Waals surface area contributed by atoms with Gasteiger partial charge in [-0.1, -0.05) is 66.7 Å². The molecule has 1 aromatic heterocycles. The fourth-order valence-corrected chi connectivity index (χ4v) is 5.85. The molecule has 2 aliphatic heterocycles. The van der Waals surface area contributed by atoms with Crippen LogP contribution in [0.4, 0.5) is 0 Å². The van der Waals surface area contributed by atoms with Gasteiger partial charge in [0.25, 0.3) is 0 Å². The summed E-state index contributed by atoms with van der Waals surface area (Å²) in [5.74, 6) is 0.705. The lowest BCUT2D eigenvalue weighted by atomic mass is 9.86. The molecule has 182 valence electrons. The van der Waals surface area contributed by atoms with Gasteiger partial charge in [0.15, 0.2) is 0 Å². The Morgan fingerprint density at radius 2 is 1.69 bits per heavy atom. The van der Waals surface area contributed by atoms with E-state index in [0.29, 0.717) is 18.7 Å². The van der Waals surface area contributed by atoms with Crippen LogP contribution in [0.2, 0.25) is 0 Å². The fourth-order valence-electron chi connectivity index (χ4n) is 5.85. The van der Waals surface area contributed by atoms with Crippen molar-refractivity contribution in [1.29, 1.82) is 0 Å². The van der Waals surface area contributed by atoms with Crippen LogP contribution in [0.25, 0.3) is 10.9 Å². The molecular formula is C30H29N3O3. The molecule has 1 saturated heterocycles. The van der Waals surface area contributed by atoms with E-state index in [9.17, 15) is 9.59 Å². The Labute approximate surface area is 210 Å². The molecule has 3 heterocycles. The number of methoxy groups -OCH3 is 1. The maximum absolute atomic E-state index is 13.8. The highest BCUT2D eigenvalue weighted by Crippen LogP contribution is 2.44. The fraction of sp³-hybridized carbons (Fsp3) is 0.267. The Kier molecular flexibility index (Phi) is 5.72.